The molecule has 1 saturated heterocycles. The van der Waals surface area contributed by atoms with Crippen molar-refractivity contribution in [2.45, 2.75) is 12.5 Å². The van der Waals surface area contributed by atoms with E-state index in [1.165, 1.54) is 5.32 Å². The van der Waals surface area contributed by atoms with E-state index in [-0.39, 0.29) is 0 Å². The van der Waals surface area contributed by atoms with Crippen LogP contribution in [0.1, 0.15) is 17.3 Å². The molecular weight excluding hydrogens is 134 g/mol. The van der Waals surface area contributed by atoms with Crippen LogP contribution in [0.3, 0.4) is 0 Å². The van der Waals surface area contributed by atoms with E-state index in [1.807, 2.05) is 0 Å². The zero-order valence-electron chi connectivity index (χ0n) is 12.8. The second-order valence-corrected chi connectivity index (χ2v) is 1.53. The highest BCUT2D eigenvalue weighted by molar-refractivity contribution is 5.71. The predicted molar refractivity (Wildman–Crippen MR) is 34.6 cm³/mol. The maximum absolute atomic E-state index is 11.0. The number of carbonyl (C=O) groups is 1. The lowest BCUT2D eigenvalue weighted by atomic mass is 9.97. The van der Waals surface area contributed by atoms with Gasteiger partial charge in [-0.2, -0.15) is 0 Å². The number of carboxylic acid groups (broad SMARTS) is 1. The van der Waals surface area contributed by atoms with E-state index in [9.17, 15) is 9.90 Å². The summed E-state index contributed by atoms with van der Waals surface area (Å²) in [6, 6.07) is 0. The Hall–Kier alpha value is -0.610. The van der Waals surface area contributed by atoms with Crippen molar-refractivity contribution in [1.82, 2.24) is 5.32 Å². The molecule has 0 spiro atoms. The monoisotopic (exact) mass is 153 g/mol. The van der Waals surface area contributed by atoms with E-state index in [4.69, 9.17) is 16.1 Å². The molecule has 1 fully saturated rings. The molecule has 4 nitrogen and oxygen atoms in total. The second-order valence-electron chi connectivity index (χ2n) is 1.53. The standard InChI is InChI=1S/C6H11NO3/c8-5-1-2-7-3-4(5)6(9)10/h4-5,7-8H,1-3H2,(H,9,10)/i1D2,2D2,3D2,4D,5D. The molecule has 0 aliphatic carbocycles. The molecule has 2 atom stereocenters. The molecule has 3 N–H and O–H groups in total. The van der Waals surface area contributed by atoms with Crippen LogP contribution >= 0.6 is 0 Å². The number of carboxylic acids is 1. The fraction of sp³-hybridized carbons (Fsp3) is 0.833. The summed E-state index contributed by atoms with van der Waals surface area (Å²) in [4.78, 5) is 11.0. The van der Waals surface area contributed by atoms with Gasteiger partial charge in [-0.15, -0.1) is 0 Å². The molecule has 2 unspecified atom stereocenters. The van der Waals surface area contributed by atoms with Crippen molar-refractivity contribution < 1.29 is 26.0 Å². The van der Waals surface area contributed by atoms with Gasteiger partial charge in [0.05, 0.1) is 13.3 Å². The average Bonchev–Trinajstić information content (AvgIpc) is 2.11. The number of nitrogens with one attached hydrogen (secondary N) is 1. The van der Waals surface area contributed by atoms with Crippen LogP contribution in [0.4, 0.5) is 0 Å². The third kappa shape index (κ3) is 1.46. The van der Waals surface area contributed by atoms with Crippen molar-refractivity contribution in [2.75, 3.05) is 13.0 Å². The Morgan fingerprint density at radius 3 is 3.20 bits per heavy atom. The Bertz CT molecular complexity index is 396. The molecule has 1 rings (SSSR count). The summed E-state index contributed by atoms with van der Waals surface area (Å²) in [5, 5.41) is 19.9. The molecular formula is C6H11NO3. The van der Waals surface area contributed by atoms with Gasteiger partial charge in [-0.25, -0.2) is 0 Å². The van der Waals surface area contributed by atoms with Gasteiger partial charge in [0.25, 0.3) is 0 Å². The van der Waals surface area contributed by atoms with Gasteiger partial charge in [0.1, 0.15) is 0 Å². The molecule has 10 heavy (non-hydrogen) atoms. The number of piperidine rings is 1. The van der Waals surface area contributed by atoms with E-state index in [1.54, 1.807) is 0 Å². The van der Waals surface area contributed by atoms with E-state index in [0.717, 1.165) is 0 Å². The highest BCUT2D eigenvalue weighted by Crippen LogP contribution is 2.10. The average molecular weight is 153 g/mol. The van der Waals surface area contributed by atoms with E-state index in [2.05, 4.69) is 0 Å². The van der Waals surface area contributed by atoms with Crippen LogP contribution in [0, 0.1) is 5.89 Å². The Kier molecular flexibility index (Phi) is 0.652. The number of hydrogen-bond acceptors (Lipinski definition) is 3. The van der Waals surface area contributed by atoms with Crippen LogP contribution in [-0.2, 0) is 4.79 Å². The molecule has 0 aromatic heterocycles. The van der Waals surface area contributed by atoms with E-state index < -0.39 is 37.3 Å². The summed E-state index contributed by atoms with van der Waals surface area (Å²) in [6.45, 7) is -6.59. The first-order chi connectivity index (χ1) is 7.65. The molecule has 0 aromatic carbocycles. The zero-order valence-corrected chi connectivity index (χ0v) is 4.80. The number of aliphatic hydroxyl groups is 1. The first-order valence-electron chi connectivity index (χ1n) is 6.40. The van der Waals surface area contributed by atoms with Crippen molar-refractivity contribution in [3.63, 3.8) is 0 Å². The topological polar surface area (TPSA) is 69.6 Å². The van der Waals surface area contributed by atoms with Crippen molar-refractivity contribution in [3.05, 3.63) is 0 Å². The van der Waals surface area contributed by atoms with Crippen LogP contribution in [0.25, 0.3) is 0 Å². The van der Waals surface area contributed by atoms with Crippen LogP contribution in [0.2, 0.25) is 0 Å². The van der Waals surface area contributed by atoms with Gasteiger partial charge >= 0.3 is 5.97 Å². The Morgan fingerprint density at radius 1 is 1.90 bits per heavy atom. The maximum atomic E-state index is 11.0. The summed E-state index contributed by atoms with van der Waals surface area (Å²) in [6.07, 6.45) is -7.37. The molecule has 0 saturated carbocycles. The predicted octanol–water partition coefficient (Wildman–Crippen LogP) is -0.959. The highest BCUT2D eigenvalue weighted by atomic mass is 16.4. The Morgan fingerprint density at radius 2 is 2.60 bits per heavy atom. The Balaban J connectivity index is 3.60. The molecule has 1 aliphatic rings. The van der Waals surface area contributed by atoms with Crippen LogP contribution in [-0.4, -0.2) is 35.3 Å². The van der Waals surface area contributed by atoms with Gasteiger partial charge in [0, 0.05) is 16.1 Å². The summed E-state index contributed by atoms with van der Waals surface area (Å²) >= 11 is 0. The summed E-state index contributed by atoms with van der Waals surface area (Å²) in [5.74, 6) is -5.92. The minimum absolute atomic E-state index is 1.39. The molecule has 4 heteroatoms. The first kappa shape index (κ1) is 2.19. The Labute approximate surface area is 70.1 Å². The third-order valence-electron chi connectivity index (χ3n) is 0.882. The molecule has 0 aromatic rings. The lowest BCUT2D eigenvalue weighted by Crippen LogP contribution is -2.43. The van der Waals surface area contributed by atoms with Crippen molar-refractivity contribution in [3.8, 4) is 0 Å². The van der Waals surface area contributed by atoms with Gasteiger partial charge in [-0.3, -0.25) is 4.79 Å². The van der Waals surface area contributed by atoms with Gasteiger partial charge in [0.2, 0.25) is 0 Å². The molecule has 58 valence electrons. The van der Waals surface area contributed by atoms with Crippen molar-refractivity contribution in [1.29, 1.82) is 0 Å². The number of hydrogen-bond donors (Lipinski definition) is 3. The lowest BCUT2D eigenvalue weighted by molar-refractivity contribution is -0.146. The lowest BCUT2D eigenvalue weighted by Gasteiger charge is -2.24. The fourth-order valence-corrected chi connectivity index (χ4v) is 0.461. The van der Waals surface area contributed by atoms with Gasteiger partial charge in [-0.05, 0) is 12.9 Å². The summed E-state index contributed by atoms with van der Waals surface area (Å²) < 4.78 is 58.4. The number of aliphatic carboxylic acids is 1. The second kappa shape index (κ2) is 2.98. The number of rotatable bonds is 1. The quantitative estimate of drug-likeness (QED) is 0.454. The minimum atomic E-state index is -3.84. The van der Waals surface area contributed by atoms with E-state index >= 15 is 0 Å². The third-order valence-corrected chi connectivity index (χ3v) is 0.882. The van der Waals surface area contributed by atoms with Crippen molar-refractivity contribution in [2.24, 2.45) is 5.89 Å². The molecule has 0 bridgehead atoms. The largest absolute Gasteiger partial charge is 0.481 e. The normalized spacial score (nSPS) is 75.3. The first-order valence-corrected chi connectivity index (χ1v) is 2.40. The van der Waals surface area contributed by atoms with Crippen LogP contribution in [0.15, 0.2) is 0 Å². The minimum Gasteiger partial charge on any atom is -0.481 e. The van der Waals surface area contributed by atoms with Crippen molar-refractivity contribution >= 4 is 5.97 Å². The van der Waals surface area contributed by atoms with Gasteiger partial charge < -0.3 is 15.5 Å². The molecule has 1 heterocycles. The molecule has 0 amide bonds. The molecule has 1 aliphatic heterocycles. The molecule has 0 radical (unpaired) electrons. The van der Waals surface area contributed by atoms with Gasteiger partial charge in [-0.1, -0.05) is 0 Å². The van der Waals surface area contributed by atoms with Gasteiger partial charge in [0.15, 0.2) is 0 Å². The SMILES string of the molecule is [2H]C1([2H])NC([2H])([2H])C([2H])(C(=O)O)C([2H])(O)C1([2H])[2H]. The van der Waals surface area contributed by atoms with Crippen LogP contribution in [0.5, 0.6) is 0 Å². The fourth-order valence-electron chi connectivity index (χ4n) is 0.461. The van der Waals surface area contributed by atoms with E-state index in [0.29, 0.717) is 0 Å². The summed E-state index contributed by atoms with van der Waals surface area (Å²) in [7, 11) is 0. The highest BCUT2D eigenvalue weighted by Gasteiger charge is 2.28. The smallest absolute Gasteiger partial charge is 0.310 e. The van der Waals surface area contributed by atoms with Crippen LogP contribution < -0.4 is 5.32 Å². The maximum Gasteiger partial charge on any atom is 0.310 e. The summed E-state index contributed by atoms with van der Waals surface area (Å²) in [5.41, 5.74) is 0. The zero-order chi connectivity index (χ0) is 14.8.